The maximum Gasteiger partial charge on any atom is 0.311 e. The molecule has 104 valence electrons. The smallest absolute Gasteiger partial charge is 0.311 e. The van der Waals surface area contributed by atoms with Crippen LogP contribution in [0, 0.1) is 5.41 Å². The standard InChI is InChI=1S/C12H17N3O3S/c13-5-2-9-15-8(6-19-9)10(16)14-7-12(11(17)18)3-1-4-12/h6H,1-5,7,13H2,(H,14,16)(H,17,18). The molecular formula is C12H17N3O3S. The van der Waals surface area contributed by atoms with Crippen molar-refractivity contribution in [1.82, 2.24) is 10.3 Å². The number of thiazole rings is 1. The summed E-state index contributed by atoms with van der Waals surface area (Å²) in [4.78, 5) is 27.2. The van der Waals surface area contributed by atoms with E-state index in [4.69, 9.17) is 10.8 Å². The summed E-state index contributed by atoms with van der Waals surface area (Å²) in [6.45, 7) is 0.668. The number of aliphatic carboxylic acids is 1. The summed E-state index contributed by atoms with van der Waals surface area (Å²) >= 11 is 1.39. The van der Waals surface area contributed by atoms with Crippen LogP contribution in [0.5, 0.6) is 0 Å². The van der Waals surface area contributed by atoms with Gasteiger partial charge in [-0.2, -0.15) is 0 Å². The summed E-state index contributed by atoms with van der Waals surface area (Å²) in [6.07, 6.45) is 2.80. The van der Waals surface area contributed by atoms with Gasteiger partial charge in [-0.15, -0.1) is 11.3 Å². The zero-order valence-corrected chi connectivity index (χ0v) is 11.3. The first-order valence-corrected chi connectivity index (χ1v) is 7.11. The minimum Gasteiger partial charge on any atom is -0.481 e. The predicted octanol–water partition coefficient (Wildman–Crippen LogP) is 0.629. The number of hydrogen-bond acceptors (Lipinski definition) is 5. The van der Waals surface area contributed by atoms with Crippen molar-refractivity contribution in [1.29, 1.82) is 0 Å². The summed E-state index contributed by atoms with van der Waals surface area (Å²) < 4.78 is 0. The zero-order valence-electron chi connectivity index (χ0n) is 10.5. The van der Waals surface area contributed by atoms with E-state index in [1.165, 1.54) is 11.3 Å². The first kappa shape index (κ1) is 14.0. The minimum absolute atomic E-state index is 0.172. The van der Waals surface area contributed by atoms with E-state index >= 15 is 0 Å². The van der Waals surface area contributed by atoms with E-state index in [2.05, 4.69) is 10.3 Å². The van der Waals surface area contributed by atoms with Crippen molar-refractivity contribution in [2.24, 2.45) is 11.1 Å². The molecule has 1 aliphatic rings. The fourth-order valence-electron chi connectivity index (χ4n) is 2.06. The molecule has 1 heterocycles. The Bertz CT molecular complexity index is 482. The molecule has 0 radical (unpaired) electrons. The van der Waals surface area contributed by atoms with Crippen molar-refractivity contribution in [3.8, 4) is 0 Å². The lowest BCUT2D eigenvalue weighted by Gasteiger charge is -2.37. The SMILES string of the molecule is NCCc1nc(C(=O)NCC2(C(=O)O)CCC2)cs1. The topological polar surface area (TPSA) is 105 Å². The molecule has 1 amide bonds. The van der Waals surface area contributed by atoms with Crippen LogP contribution in [0.4, 0.5) is 0 Å². The van der Waals surface area contributed by atoms with Crippen molar-refractivity contribution in [2.45, 2.75) is 25.7 Å². The van der Waals surface area contributed by atoms with Gasteiger partial charge in [-0.05, 0) is 19.4 Å². The Labute approximate surface area is 115 Å². The second kappa shape index (κ2) is 5.66. The first-order chi connectivity index (χ1) is 9.07. The molecule has 19 heavy (non-hydrogen) atoms. The van der Waals surface area contributed by atoms with E-state index in [1.807, 2.05) is 0 Å². The van der Waals surface area contributed by atoms with Gasteiger partial charge in [0.1, 0.15) is 5.69 Å². The van der Waals surface area contributed by atoms with Crippen molar-refractivity contribution >= 4 is 23.2 Å². The van der Waals surface area contributed by atoms with E-state index in [9.17, 15) is 9.59 Å². The monoisotopic (exact) mass is 283 g/mol. The van der Waals surface area contributed by atoms with Gasteiger partial charge in [-0.1, -0.05) is 6.42 Å². The molecule has 1 aromatic rings. The highest BCUT2D eigenvalue weighted by atomic mass is 32.1. The fraction of sp³-hybridized carbons (Fsp3) is 0.583. The maximum absolute atomic E-state index is 11.9. The number of hydrogen-bond donors (Lipinski definition) is 3. The number of carbonyl (C=O) groups excluding carboxylic acids is 1. The van der Waals surface area contributed by atoms with Crippen molar-refractivity contribution < 1.29 is 14.7 Å². The Morgan fingerprint density at radius 2 is 2.26 bits per heavy atom. The van der Waals surface area contributed by atoms with E-state index in [0.717, 1.165) is 11.4 Å². The van der Waals surface area contributed by atoms with Crippen LogP contribution in [-0.4, -0.2) is 35.1 Å². The summed E-state index contributed by atoms with van der Waals surface area (Å²) in [5, 5.41) is 14.3. The molecule has 0 bridgehead atoms. The lowest BCUT2D eigenvalue weighted by Crippen LogP contribution is -2.47. The lowest BCUT2D eigenvalue weighted by atomic mass is 9.69. The number of carbonyl (C=O) groups is 2. The zero-order chi connectivity index (χ0) is 13.9. The molecule has 7 heteroatoms. The van der Waals surface area contributed by atoms with Gasteiger partial charge in [0, 0.05) is 18.3 Å². The first-order valence-electron chi connectivity index (χ1n) is 6.23. The Balaban J connectivity index is 1.91. The molecule has 0 spiro atoms. The number of nitrogens with zero attached hydrogens (tertiary/aromatic N) is 1. The highest BCUT2D eigenvalue weighted by molar-refractivity contribution is 7.09. The van der Waals surface area contributed by atoms with Crippen LogP contribution < -0.4 is 11.1 Å². The Hall–Kier alpha value is -1.47. The second-order valence-electron chi connectivity index (χ2n) is 4.79. The molecule has 4 N–H and O–H groups in total. The van der Waals surface area contributed by atoms with Gasteiger partial charge in [0.2, 0.25) is 0 Å². The van der Waals surface area contributed by atoms with Crippen LogP contribution in [-0.2, 0) is 11.2 Å². The van der Waals surface area contributed by atoms with Crippen LogP contribution in [0.25, 0.3) is 0 Å². The molecule has 0 aromatic carbocycles. The van der Waals surface area contributed by atoms with Gasteiger partial charge < -0.3 is 16.2 Å². The number of aromatic nitrogens is 1. The second-order valence-corrected chi connectivity index (χ2v) is 5.73. The Morgan fingerprint density at radius 3 is 2.79 bits per heavy atom. The van der Waals surface area contributed by atoms with Gasteiger partial charge in [0.05, 0.1) is 10.4 Å². The fourth-order valence-corrected chi connectivity index (χ4v) is 2.86. The Kier molecular flexibility index (Phi) is 4.16. The van der Waals surface area contributed by atoms with Crippen molar-refractivity contribution in [3.05, 3.63) is 16.1 Å². The van der Waals surface area contributed by atoms with Gasteiger partial charge >= 0.3 is 5.97 Å². The molecule has 0 atom stereocenters. The van der Waals surface area contributed by atoms with E-state index in [0.29, 0.717) is 31.5 Å². The molecule has 0 unspecified atom stereocenters. The van der Waals surface area contributed by atoms with E-state index < -0.39 is 11.4 Å². The van der Waals surface area contributed by atoms with Crippen LogP contribution in [0.15, 0.2) is 5.38 Å². The van der Waals surface area contributed by atoms with Crippen LogP contribution in [0.2, 0.25) is 0 Å². The molecule has 1 saturated carbocycles. The highest BCUT2D eigenvalue weighted by Crippen LogP contribution is 2.40. The number of nitrogens with two attached hydrogens (primary N) is 1. The third kappa shape index (κ3) is 2.93. The van der Waals surface area contributed by atoms with Crippen LogP contribution >= 0.6 is 11.3 Å². The average Bonchev–Trinajstić information content (AvgIpc) is 2.76. The van der Waals surface area contributed by atoms with Crippen LogP contribution in [0.3, 0.4) is 0 Å². The van der Waals surface area contributed by atoms with Gasteiger partial charge in [0.25, 0.3) is 5.91 Å². The number of carboxylic acid groups (broad SMARTS) is 1. The maximum atomic E-state index is 11.9. The molecule has 1 aliphatic carbocycles. The summed E-state index contributed by atoms with van der Waals surface area (Å²) in [7, 11) is 0. The summed E-state index contributed by atoms with van der Waals surface area (Å²) in [5.41, 5.74) is 4.99. The number of carboxylic acids is 1. The predicted molar refractivity (Wildman–Crippen MR) is 71.1 cm³/mol. The third-order valence-corrected chi connectivity index (χ3v) is 4.40. The van der Waals surface area contributed by atoms with Gasteiger partial charge in [-0.25, -0.2) is 4.98 Å². The van der Waals surface area contributed by atoms with Crippen molar-refractivity contribution in [3.63, 3.8) is 0 Å². The minimum atomic E-state index is -0.832. The van der Waals surface area contributed by atoms with Gasteiger partial charge in [-0.3, -0.25) is 9.59 Å². The highest BCUT2D eigenvalue weighted by Gasteiger charge is 2.44. The number of nitrogens with one attached hydrogen (secondary N) is 1. The molecule has 1 aromatic heterocycles. The quantitative estimate of drug-likeness (QED) is 0.710. The number of rotatable bonds is 6. The molecule has 0 aliphatic heterocycles. The van der Waals surface area contributed by atoms with Crippen LogP contribution in [0.1, 0.15) is 34.8 Å². The summed E-state index contributed by atoms with van der Waals surface area (Å²) in [6, 6.07) is 0. The Morgan fingerprint density at radius 1 is 1.53 bits per heavy atom. The largest absolute Gasteiger partial charge is 0.481 e. The molecule has 2 rings (SSSR count). The van der Waals surface area contributed by atoms with E-state index in [1.54, 1.807) is 5.38 Å². The lowest BCUT2D eigenvalue weighted by molar-refractivity contribution is -0.153. The average molecular weight is 283 g/mol. The number of amides is 1. The molecule has 1 fully saturated rings. The third-order valence-electron chi connectivity index (χ3n) is 3.49. The van der Waals surface area contributed by atoms with E-state index in [-0.39, 0.29) is 12.5 Å². The molecular weight excluding hydrogens is 266 g/mol. The normalized spacial score (nSPS) is 16.7. The molecule has 6 nitrogen and oxygen atoms in total. The molecule has 0 saturated heterocycles. The summed E-state index contributed by atoms with van der Waals surface area (Å²) in [5.74, 6) is -1.15. The van der Waals surface area contributed by atoms with Gasteiger partial charge in [0.15, 0.2) is 0 Å². The van der Waals surface area contributed by atoms with Crippen molar-refractivity contribution in [2.75, 3.05) is 13.1 Å².